The second-order valence-corrected chi connectivity index (χ2v) is 9.13. The van der Waals surface area contributed by atoms with Gasteiger partial charge in [-0.1, -0.05) is 0 Å². The number of carbonyl (C=O) groups is 1. The maximum absolute atomic E-state index is 12.4. The lowest BCUT2D eigenvalue weighted by Crippen LogP contribution is -2.36. The molecule has 1 aliphatic heterocycles. The van der Waals surface area contributed by atoms with Crippen molar-refractivity contribution >= 4 is 32.4 Å². The average molecular weight is 396 g/mol. The van der Waals surface area contributed by atoms with Crippen LogP contribution >= 0.6 is 11.3 Å². The molecule has 0 unspecified atom stereocenters. The van der Waals surface area contributed by atoms with E-state index in [0.29, 0.717) is 42.6 Å². The van der Waals surface area contributed by atoms with E-state index in [1.54, 1.807) is 31.2 Å². The van der Waals surface area contributed by atoms with E-state index >= 15 is 0 Å². The first kappa shape index (κ1) is 18.8. The van der Waals surface area contributed by atoms with Crippen molar-refractivity contribution < 1.29 is 17.9 Å². The lowest BCUT2D eigenvalue weighted by Gasteiger charge is -2.24. The van der Waals surface area contributed by atoms with Crippen LogP contribution in [0.25, 0.3) is 0 Å². The molecule has 140 valence electrons. The van der Waals surface area contributed by atoms with Crippen molar-refractivity contribution in [3.63, 3.8) is 0 Å². The molecule has 1 aliphatic rings. The predicted molar refractivity (Wildman–Crippen MR) is 101 cm³/mol. The van der Waals surface area contributed by atoms with Gasteiger partial charge in [0.15, 0.2) is 5.13 Å². The predicted octanol–water partition coefficient (Wildman–Crippen LogP) is 2.50. The number of amides is 1. The van der Waals surface area contributed by atoms with Crippen LogP contribution in [0, 0.1) is 0 Å². The number of nitrogens with zero attached hydrogens (tertiary/aromatic N) is 2. The molecule has 0 saturated heterocycles. The number of anilines is 1. The summed E-state index contributed by atoms with van der Waals surface area (Å²) in [5.41, 5.74) is 1.37. The quantitative estimate of drug-likeness (QED) is 0.812. The van der Waals surface area contributed by atoms with Gasteiger partial charge in [0.1, 0.15) is 5.75 Å². The van der Waals surface area contributed by atoms with Crippen molar-refractivity contribution in [2.45, 2.75) is 26.8 Å². The number of thiazole rings is 1. The average Bonchev–Trinajstić information content (AvgIpc) is 3.04. The summed E-state index contributed by atoms with van der Waals surface area (Å²) in [4.78, 5) is 17.7. The molecule has 7 nitrogen and oxygen atoms in total. The van der Waals surface area contributed by atoms with Gasteiger partial charge in [0, 0.05) is 30.0 Å². The van der Waals surface area contributed by atoms with E-state index in [4.69, 9.17) is 4.74 Å². The van der Waals surface area contributed by atoms with E-state index in [-0.39, 0.29) is 11.7 Å². The number of fused-ring (bicyclic) bond motifs is 1. The molecule has 0 saturated carbocycles. The summed E-state index contributed by atoms with van der Waals surface area (Å²) in [6.45, 7) is 4.86. The topological polar surface area (TPSA) is 88.6 Å². The first-order valence-electron chi connectivity index (χ1n) is 8.43. The summed E-state index contributed by atoms with van der Waals surface area (Å²) >= 11 is 1.33. The number of rotatable bonds is 6. The van der Waals surface area contributed by atoms with E-state index in [9.17, 15) is 13.2 Å². The first-order valence-corrected chi connectivity index (χ1v) is 10.9. The Kier molecular flexibility index (Phi) is 5.59. The summed E-state index contributed by atoms with van der Waals surface area (Å²) in [6.07, 6.45) is 0.560. The van der Waals surface area contributed by atoms with Crippen LogP contribution in [0.4, 0.5) is 5.13 Å². The molecule has 9 heteroatoms. The summed E-state index contributed by atoms with van der Waals surface area (Å²) < 4.78 is 30.9. The number of aromatic nitrogens is 1. The number of ether oxygens (including phenoxy) is 1. The lowest BCUT2D eigenvalue weighted by atomic mass is 10.2. The zero-order chi connectivity index (χ0) is 18.7. The van der Waals surface area contributed by atoms with Crippen LogP contribution in [0.5, 0.6) is 5.75 Å². The molecule has 26 heavy (non-hydrogen) atoms. The third-order valence-corrected chi connectivity index (χ3v) is 6.93. The zero-order valence-corrected chi connectivity index (χ0v) is 16.3. The fraction of sp³-hybridized carbons (Fsp3) is 0.412. The standard InChI is InChI=1S/C17H21N3O4S2/c1-3-24-13-7-5-12(6-8-13)16(21)19-17-18-14-9-10-20(11-15(14)25-17)26(22,23)4-2/h5-8H,3-4,9-11H2,1-2H3,(H,18,19,21). The third-order valence-electron chi connectivity index (χ3n) is 4.10. The number of carbonyl (C=O) groups excluding carboxylic acids is 1. The second kappa shape index (κ2) is 7.73. The molecule has 0 atom stereocenters. The molecule has 0 aliphatic carbocycles. The SMILES string of the molecule is CCOc1ccc(C(=O)Nc2nc3c(s2)CN(S(=O)(=O)CC)CC3)cc1. The van der Waals surface area contributed by atoms with Gasteiger partial charge >= 0.3 is 0 Å². The molecule has 0 spiro atoms. The minimum absolute atomic E-state index is 0.0858. The van der Waals surface area contributed by atoms with Crippen molar-refractivity contribution in [3.05, 3.63) is 40.4 Å². The van der Waals surface area contributed by atoms with Crippen molar-refractivity contribution in [3.8, 4) is 5.75 Å². The Hall–Kier alpha value is -1.97. The summed E-state index contributed by atoms with van der Waals surface area (Å²) in [5.74, 6) is 0.547. The molecule has 2 heterocycles. The highest BCUT2D eigenvalue weighted by Gasteiger charge is 2.28. The Morgan fingerprint density at radius 1 is 1.31 bits per heavy atom. The smallest absolute Gasteiger partial charge is 0.257 e. The van der Waals surface area contributed by atoms with Gasteiger partial charge in [0.05, 0.1) is 18.1 Å². The van der Waals surface area contributed by atoms with Gasteiger partial charge < -0.3 is 4.74 Å². The van der Waals surface area contributed by atoms with E-state index < -0.39 is 10.0 Å². The number of hydrogen-bond donors (Lipinski definition) is 1. The van der Waals surface area contributed by atoms with Crippen LogP contribution in [-0.2, 0) is 23.0 Å². The van der Waals surface area contributed by atoms with E-state index in [0.717, 1.165) is 10.6 Å². The number of sulfonamides is 1. The molecule has 1 amide bonds. The van der Waals surface area contributed by atoms with Gasteiger partial charge in [-0.05, 0) is 38.1 Å². The van der Waals surface area contributed by atoms with Crippen LogP contribution in [0.3, 0.4) is 0 Å². The lowest BCUT2D eigenvalue weighted by molar-refractivity contribution is 0.102. The number of hydrogen-bond acceptors (Lipinski definition) is 6. The van der Waals surface area contributed by atoms with Crippen LogP contribution in [0.15, 0.2) is 24.3 Å². The van der Waals surface area contributed by atoms with Gasteiger partial charge in [0.2, 0.25) is 10.0 Å². The van der Waals surface area contributed by atoms with E-state index in [1.807, 2.05) is 6.92 Å². The Labute approximate surface area is 157 Å². The fourth-order valence-electron chi connectivity index (χ4n) is 2.68. The molecular formula is C17H21N3O4S2. The van der Waals surface area contributed by atoms with E-state index in [2.05, 4.69) is 10.3 Å². The van der Waals surface area contributed by atoms with Gasteiger partial charge in [-0.25, -0.2) is 13.4 Å². The van der Waals surface area contributed by atoms with Crippen molar-refractivity contribution in [1.82, 2.24) is 9.29 Å². The van der Waals surface area contributed by atoms with Crippen LogP contribution in [0.2, 0.25) is 0 Å². The summed E-state index contributed by atoms with van der Waals surface area (Å²) in [5, 5.41) is 3.28. The van der Waals surface area contributed by atoms with Gasteiger partial charge in [-0.3, -0.25) is 10.1 Å². The van der Waals surface area contributed by atoms with Crippen LogP contribution in [0.1, 0.15) is 34.8 Å². The maximum atomic E-state index is 12.4. The molecule has 0 fully saturated rings. The van der Waals surface area contributed by atoms with Crippen molar-refractivity contribution in [2.24, 2.45) is 0 Å². The number of nitrogens with one attached hydrogen (secondary N) is 1. The summed E-state index contributed by atoms with van der Waals surface area (Å²) in [7, 11) is -3.22. The summed E-state index contributed by atoms with van der Waals surface area (Å²) in [6, 6.07) is 6.89. The second-order valence-electron chi connectivity index (χ2n) is 5.78. The van der Waals surface area contributed by atoms with Crippen LogP contribution < -0.4 is 10.1 Å². The first-order chi connectivity index (χ1) is 12.4. The molecule has 2 aromatic rings. The Morgan fingerprint density at radius 2 is 2.04 bits per heavy atom. The Morgan fingerprint density at radius 3 is 2.69 bits per heavy atom. The zero-order valence-electron chi connectivity index (χ0n) is 14.7. The highest BCUT2D eigenvalue weighted by atomic mass is 32.2. The van der Waals surface area contributed by atoms with E-state index in [1.165, 1.54) is 15.6 Å². The maximum Gasteiger partial charge on any atom is 0.257 e. The minimum atomic E-state index is -3.22. The normalized spacial score (nSPS) is 14.7. The fourth-order valence-corrected chi connectivity index (χ4v) is 4.84. The van der Waals surface area contributed by atoms with Gasteiger partial charge in [-0.15, -0.1) is 11.3 Å². The van der Waals surface area contributed by atoms with Crippen molar-refractivity contribution in [2.75, 3.05) is 24.2 Å². The molecule has 1 N–H and O–H groups in total. The number of benzene rings is 1. The monoisotopic (exact) mass is 395 g/mol. The van der Waals surface area contributed by atoms with Crippen LogP contribution in [-0.4, -0.2) is 42.5 Å². The highest BCUT2D eigenvalue weighted by molar-refractivity contribution is 7.89. The minimum Gasteiger partial charge on any atom is -0.494 e. The largest absolute Gasteiger partial charge is 0.494 e. The molecule has 0 radical (unpaired) electrons. The molecule has 0 bridgehead atoms. The van der Waals surface area contributed by atoms with Gasteiger partial charge in [0.25, 0.3) is 5.91 Å². The molecule has 1 aromatic heterocycles. The molecular weight excluding hydrogens is 374 g/mol. The van der Waals surface area contributed by atoms with Crippen molar-refractivity contribution in [1.29, 1.82) is 0 Å². The Bertz CT molecular complexity index is 891. The Balaban J connectivity index is 1.69. The molecule has 1 aromatic carbocycles. The highest BCUT2D eigenvalue weighted by Crippen LogP contribution is 2.30. The molecule has 3 rings (SSSR count). The van der Waals surface area contributed by atoms with Gasteiger partial charge in [-0.2, -0.15) is 4.31 Å². The third kappa shape index (κ3) is 4.05.